The zero-order valence-electron chi connectivity index (χ0n) is 28.8. The molecule has 6 heteroatoms. The van der Waals surface area contributed by atoms with Crippen LogP contribution in [0.3, 0.4) is 0 Å². The van der Waals surface area contributed by atoms with Crippen LogP contribution >= 0.6 is 11.3 Å². The van der Waals surface area contributed by atoms with Crippen molar-refractivity contribution in [2.75, 3.05) is 0 Å². The van der Waals surface area contributed by atoms with Gasteiger partial charge in [-0.2, -0.15) is 0 Å². The molecule has 11 rings (SSSR count). The molecule has 3 aromatic heterocycles. The Morgan fingerprint density at radius 2 is 0.944 bits per heavy atom. The molecule has 0 aliphatic heterocycles. The fraction of sp³-hybridized carbons (Fsp3) is 0. The third-order valence-electron chi connectivity index (χ3n) is 10.1. The molecule has 0 amide bonds. The Hall–Kier alpha value is -6.30. The van der Waals surface area contributed by atoms with Crippen molar-refractivity contribution in [3.63, 3.8) is 0 Å². The summed E-state index contributed by atoms with van der Waals surface area (Å²) in [5.41, 5.74) is 7.40. The molecule has 0 radical (unpaired) electrons. The van der Waals surface area contributed by atoms with E-state index >= 15 is 0 Å². The Morgan fingerprint density at radius 3 is 1.70 bits per heavy atom. The summed E-state index contributed by atoms with van der Waals surface area (Å²) >= 11 is 1.98. The van der Waals surface area contributed by atoms with E-state index in [1.807, 2.05) is 24.3 Å². The molecule has 54 heavy (non-hydrogen) atoms. The molecule has 0 aliphatic rings. The fourth-order valence-electron chi connectivity index (χ4n) is 7.55. The zero-order valence-corrected chi connectivity index (χ0v) is 31.3. The van der Waals surface area contributed by atoms with Crippen LogP contribution in [0.15, 0.2) is 170 Å². The second-order valence-electron chi connectivity index (χ2n) is 13.4. The Kier molecular flexibility index (Phi) is 7.34. The smallest absolute Gasteiger partial charge is 0.0617 e. The van der Waals surface area contributed by atoms with Gasteiger partial charge in [-0.05, 0) is 11.1 Å². The summed E-state index contributed by atoms with van der Waals surface area (Å²) in [6.07, 6.45) is 0. The first-order valence-corrected chi connectivity index (χ1v) is 20.4. The van der Waals surface area contributed by atoms with E-state index in [-0.39, 0.29) is 14.5 Å². The number of benzene rings is 8. The van der Waals surface area contributed by atoms with Gasteiger partial charge < -0.3 is 0 Å². The minimum absolute atomic E-state index is 0.207. The van der Waals surface area contributed by atoms with Crippen LogP contribution in [0.4, 0.5) is 0 Å². The molecule has 0 N–H and O–H groups in total. The molecule has 0 bridgehead atoms. The van der Waals surface area contributed by atoms with Crippen LogP contribution in [0, 0.1) is 0 Å². The summed E-state index contributed by atoms with van der Waals surface area (Å²) in [5.74, 6) is 1.95. The van der Waals surface area contributed by atoms with Gasteiger partial charge in [0.05, 0.1) is 0 Å². The van der Waals surface area contributed by atoms with Crippen molar-refractivity contribution in [2.45, 2.75) is 0 Å². The first kappa shape index (κ1) is 31.2. The molecule has 252 valence electrons. The van der Waals surface area contributed by atoms with E-state index in [4.69, 9.17) is 19.9 Å². The number of thiazole rings is 1. The van der Waals surface area contributed by atoms with Gasteiger partial charge >= 0.3 is 251 Å². The van der Waals surface area contributed by atoms with Gasteiger partial charge in [-0.15, -0.1) is 0 Å². The van der Waals surface area contributed by atoms with Crippen LogP contribution < -0.4 is 0 Å². The van der Waals surface area contributed by atoms with E-state index in [9.17, 15) is 0 Å². The monoisotopic (exact) mass is 772 g/mol. The second-order valence-corrected chi connectivity index (χ2v) is 16.7. The Balaban J connectivity index is 1.10. The molecule has 0 fully saturated rings. The first-order valence-electron chi connectivity index (χ1n) is 17.9. The molecule has 11 aromatic rings. The number of rotatable bonds is 5. The average Bonchev–Trinajstić information content (AvgIpc) is 3.86. The van der Waals surface area contributed by atoms with E-state index in [1.54, 1.807) is 11.3 Å². The normalized spacial score (nSPS) is 11.7. The van der Waals surface area contributed by atoms with Gasteiger partial charge in [0.15, 0.2) is 0 Å². The number of aromatic nitrogens is 4. The maximum atomic E-state index is 5.29. The van der Waals surface area contributed by atoms with Gasteiger partial charge in [0.25, 0.3) is 0 Å². The van der Waals surface area contributed by atoms with E-state index < -0.39 is 0 Å². The summed E-state index contributed by atoms with van der Waals surface area (Å²) in [6.45, 7) is 0. The molecule has 3 heterocycles. The van der Waals surface area contributed by atoms with Gasteiger partial charge in [0, 0.05) is 0 Å². The summed E-state index contributed by atoms with van der Waals surface area (Å²) in [4.78, 5) is 20.5. The van der Waals surface area contributed by atoms with E-state index in [2.05, 4.69) is 146 Å². The van der Waals surface area contributed by atoms with Gasteiger partial charge in [0.2, 0.25) is 0 Å². The molecular formula is C48H28N4SSe. The summed E-state index contributed by atoms with van der Waals surface area (Å²) in [6, 6.07) is 59.9. The second kappa shape index (κ2) is 12.7. The van der Waals surface area contributed by atoms with Gasteiger partial charge in [-0.25, -0.2) is 0 Å². The van der Waals surface area contributed by atoms with Crippen LogP contribution in [0.25, 0.3) is 107 Å². The van der Waals surface area contributed by atoms with Gasteiger partial charge in [-0.3, -0.25) is 0 Å². The summed E-state index contributed by atoms with van der Waals surface area (Å²) in [5, 5.41) is 8.60. The molecule has 0 spiro atoms. The molecule has 0 unspecified atom stereocenters. The molecule has 8 aromatic carbocycles. The number of nitrogens with zero attached hydrogens (tertiary/aromatic N) is 4. The Morgan fingerprint density at radius 1 is 0.370 bits per heavy atom. The standard InChI is InChI=1S/C48H28N4SSe/c1-4-11-29(12-5-1)33-17-10-18-35(27-33)46-50-45(31-13-6-2-7-14-31)51-47(52-46)36-21-23-37-34(28-36)20-19-30-22-25-39-42(41(30)37)43-40(54-39)26-24-38-44(43)49-48(53-38)32-15-8-3-9-16-32/h1-28H. The van der Waals surface area contributed by atoms with Crippen LogP contribution in [-0.2, 0) is 0 Å². The van der Waals surface area contributed by atoms with E-state index in [1.165, 1.54) is 40.2 Å². The quantitative estimate of drug-likeness (QED) is 0.129. The fourth-order valence-corrected chi connectivity index (χ4v) is 10.9. The van der Waals surface area contributed by atoms with Crippen molar-refractivity contribution in [3.05, 3.63) is 170 Å². The Bertz CT molecular complexity index is 3210. The van der Waals surface area contributed by atoms with Crippen LogP contribution in [-0.4, -0.2) is 34.4 Å². The van der Waals surface area contributed by atoms with E-state index in [0.29, 0.717) is 17.5 Å². The predicted octanol–water partition coefficient (Wildman–Crippen LogP) is 12.5. The first-order chi connectivity index (χ1) is 26.7. The Labute approximate surface area is 320 Å². The number of hydrogen-bond donors (Lipinski definition) is 0. The molecule has 0 saturated carbocycles. The van der Waals surface area contributed by atoms with Crippen LogP contribution in [0.2, 0.25) is 0 Å². The maximum absolute atomic E-state index is 5.29. The molecule has 0 aliphatic carbocycles. The molecular weight excluding hydrogens is 744 g/mol. The van der Waals surface area contributed by atoms with Crippen molar-refractivity contribution in [2.24, 2.45) is 0 Å². The SMILES string of the molecule is c1ccc(-c2cccc(-c3nc(-c4ccccc4)nc(-c4ccc5c(ccc6ccc7[se]c8ccc9sc(-c%10ccccc%10)nc9c8c7c65)c4)n3)c2)cc1. The van der Waals surface area contributed by atoms with Crippen LogP contribution in [0.5, 0.6) is 0 Å². The topological polar surface area (TPSA) is 51.6 Å². The van der Waals surface area contributed by atoms with Crippen molar-refractivity contribution in [3.8, 4) is 55.9 Å². The third kappa shape index (κ3) is 5.26. The van der Waals surface area contributed by atoms with Crippen molar-refractivity contribution in [1.82, 2.24) is 19.9 Å². The molecule has 0 atom stereocenters. The molecule has 4 nitrogen and oxygen atoms in total. The van der Waals surface area contributed by atoms with Crippen molar-refractivity contribution in [1.29, 1.82) is 0 Å². The van der Waals surface area contributed by atoms with Crippen molar-refractivity contribution < 1.29 is 0 Å². The number of hydrogen-bond acceptors (Lipinski definition) is 5. The van der Waals surface area contributed by atoms with Crippen molar-refractivity contribution >= 4 is 76.9 Å². The van der Waals surface area contributed by atoms with Crippen LogP contribution in [0.1, 0.15) is 0 Å². The van der Waals surface area contributed by atoms with Gasteiger partial charge in [-0.1, -0.05) is 60.7 Å². The minimum Gasteiger partial charge on any atom is -0.0617 e. The molecule has 0 saturated heterocycles. The summed E-state index contributed by atoms with van der Waals surface area (Å²) in [7, 11) is 0. The third-order valence-corrected chi connectivity index (χ3v) is 13.5. The van der Waals surface area contributed by atoms with E-state index in [0.717, 1.165) is 49.3 Å². The predicted molar refractivity (Wildman–Crippen MR) is 227 cm³/mol. The number of fused-ring (bicyclic) bond motifs is 9. The zero-order chi connectivity index (χ0) is 35.6. The van der Waals surface area contributed by atoms with Gasteiger partial charge in [0.1, 0.15) is 0 Å². The summed E-state index contributed by atoms with van der Waals surface area (Å²) < 4.78 is 4.04. The average molecular weight is 772 g/mol. The minimum atomic E-state index is 0.207.